The Bertz CT molecular complexity index is 1110. The fourth-order valence-corrected chi connectivity index (χ4v) is 4.04. The van der Waals surface area contributed by atoms with Gasteiger partial charge in [-0.3, -0.25) is 4.79 Å². The van der Waals surface area contributed by atoms with Crippen LogP contribution in [-0.2, 0) is 0 Å². The van der Waals surface area contributed by atoms with Crippen molar-refractivity contribution in [3.8, 4) is 11.4 Å². The van der Waals surface area contributed by atoms with Crippen LogP contribution >= 0.6 is 11.6 Å². The number of likely N-dealkylation sites (tertiary alicyclic amines) is 1. The number of piperidine rings is 1. The van der Waals surface area contributed by atoms with Crippen LogP contribution in [0.1, 0.15) is 40.5 Å². The second-order valence-electron chi connectivity index (χ2n) is 7.47. The fraction of sp³-hybridized carbons (Fsp3) is 0.318. The van der Waals surface area contributed by atoms with Crippen molar-refractivity contribution in [2.45, 2.75) is 25.7 Å². The minimum atomic E-state index is -0.252. The normalized spacial score (nSPS) is 14.7. The van der Waals surface area contributed by atoms with Gasteiger partial charge in [-0.05, 0) is 50.1 Å². The third-order valence-corrected chi connectivity index (χ3v) is 5.77. The average molecular weight is 427 g/mol. The minimum absolute atomic E-state index is 0.0834. The third-order valence-electron chi connectivity index (χ3n) is 5.53. The predicted octanol–water partition coefficient (Wildman–Crippen LogP) is 3.55. The molecule has 156 valence electrons. The molecule has 0 unspecified atom stereocenters. The number of aromatic amines is 1. The maximum absolute atomic E-state index is 13.0. The molecule has 0 aliphatic carbocycles. The number of H-pyrrole nitrogens is 1. The lowest BCUT2D eigenvalue weighted by Gasteiger charge is -2.32. The molecule has 30 heavy (non-hydrogen) atoms. The standard InChI is InChI=1S/C22H23ClN4O3/c1-14-3-6-17(7-4-14)27-20(24-25-22(27)29)15-9-11-26(12-10-15)21(28)18-8-5-16(23)13-19(18)30-2/h3-8,13,15H,9-12H2,1-2H3,(H,25,29). The number of carbonyl (C=O) groups excluding carboxylic acids is 1. The number of aromatic nitrogens is 3. The molecule has 8 heteroatoms. The molecule has 7 nitrogen and oxygen atoms in total. The van der Waals surface area contributed by atoms with Crippen molar-refractivity contribution in [2.75, 3.05) is 20.2 Å². The van der Waals surface area contributed by atoms with Crippen LogP contribution in [0, 0.1) is 6.92 Å². The van der Waals surface area contributed by atoms with Crippen LogP contribution in [0.25, 0.3) is 5.69 Å². The Balaban J connectivity index is 1.51. The highest BCUT2D eigenvalue weighted by molar-refractivity contribution is 6.30. The summed E-state index contributed by atoms with van der Waals surface area (Å²) in [4.78, 5) is 27.2. The summed E-state index contributed by atoms with van der Waals surface area (Å²) in [6.07, 6.45) is 1.44. The van der Waals surface area contributed by atoms with E-state index in [0.29, 0.717) is 35.2 Å². The van der Waals surface area contributed by atoms with Crippen LogP contribution in [0.15, 0.2) is 47.3 Å². The molecule has 0 bridgehead atoms. The number of aryl methyl sites for hydroxylation is 1. The number of carbonyl (C=O) groups is 1. The summed E-state index contributed by atoms with van der Waals surface area (Å²) in [5, 5.41) is 7.39. The van der Waals surface area contributed by atoms with E-state index >= 15 is 0 Å². The van der Waals surface area contributed by atoms with E-state index in [-0.39, 0.29) is 17.5 Å². The van der Waals surface area contributed by atoms with Gasteiger partial charge in [-0.25, -0.2) is 14.5 Å². The molecular weight excluding hydrogens is 404 g/mol. The Labute approximate surface area is 179 Å². The minimum Gasteiger partial charge on any atom is -0.496 e. The predicted molar refractivity (Wildman–Crippen MR) is 115 cm³/mol. The van der Waals surface area contributed by atoms with E-state index in [1.54, 1.807) is 22.8 Å². The molecular formula is C22H23ClN4O3. The SMILES string of the molecule is COc1cc(Cl)ccc1C(=O)N1CCC(c2n[nH]c(=O)n2-c2ccc(C)cc2)CC1. The zero-order valence-electron chi connectivity index (χ0n) is 16.9. The maximum Gasteiger partial charge on any atom is 0.347 e. The lowest BCUT2D eigenvalue weighted by molar-refractivity contribution is 0.0707. The van der Waals surface area contributed by atoms with Gasteiger partial charge < -0.3 is 9.64 Å². The zero-order chi connectivity index (χ0) is 21.3. The molecule has 1 amide bonds. The number of ether oxygens (including phenoxy) is 1. The van der Waals surface area contributed by atoms with Gasteiger partial charge in [0.1, 0.15) is 11.6 Å². The van der Waals surface area contributed by atoms with E-state index in [1.165, 1.54) is 7.11 Å². The van der Waals surface area contributed by atoms with Crippen molar-refractivity contribution >= 4 is 17.5 Å². The Hall–Kier alpha value is -3.06. The van der Waals surface area contributed by atoms with E-state index in [9.17, 15) is 9.59 Å². The van der Waals surface area contributed by atoms with E-state index in [4.69, 9.17) is 16.3 Å². The van der Waals surface area contributed by atoms with Crippen molar-refractivity contribution in [3.05, 3.63) is 74.9 Å². The molecule has 0 radical (unpaired) electrons. The number of hydrogen-bond acceptors (Lipinski definition) is 4. The summed E-state index contributed by atoms with van der Waals surface area (Å²) in [6, 6.07) is 12.8. The van der Waals surface area contributed by atoms with Gasteiger partial charge in [0.05, 0.1) is 18.4 Å². The van der Waals surface area contributed by atoms with Crippen molar-refractivity contribution in [1.82, 2.24) is 19.7 Å². The van der Waals surface area contributed by atoms with Gasteiger partial charge in [-0.15, -0.1) is 0 Å². The number of amides is 1. The number of methoxy groups -OCH3 is 1. The van der Waals surface area contributed by atoms with E-state index in [0.717, 1.165) is 24.1 Å². The number of nitrogens with zero attached hydrogens (tertiary/aromatic N) is 3. The maximum atomic E-state index is 13.0. The van der Waals surface area contributed by atoms with Crippen molar-refractivity contribution in [1.29, 1.82) is 0 Å². The van der Waals surface area contributed by atoms with Gasteiger partial charge in [0, 0.05) is 24.0 Å². The van der Waals surface area contributed by atoms with Crippen LogP contribution in [0.4, 0.5) is 0 Å². The summed E-state index contributed by atoms with van der Waals surface area (Å²) in [5.74, 6) is 1.18. The Morgan fingerprint density at radius 2 is 1.87 bits per heavy atom. The van der Waals surface area contributed by atoms with Gasteiger partial charge in [0.25, 0.3) is 5.91 Å². The number of rotatable bonds is 4. The lowest BCUT2D eigenvalue weighted by Crippen LogP contribution is -2.38. The summed E-state index contributed by atoms with van der Waals surface area (Å²) < 4.78 is 6.95. The molecule has 2 heterocycles. The first kappa shape index (κ1) is 20.2. The van der Waals surface area contributed by atoms with E-state index in [1.807, 2.05) is 36.1 Å². The van der Waals surface area contributed by atoms with Crippen molar-refractivity contribution in [2.24, 2.45) is 0 Å². The van der Waals surface area contributed by atoms with Crippen LogP contribution in [0.2, 0.25) is 5.02 Å². The summed E-state index contributed by atoms with van der Waals surface area (Å²) in [6.45, 7) is 3.15. The van der Waals surface area contributed by atoms with Gasteiger partial charge in [0.2, 0.25) is 0 Å². The van der Waals surface area contributed by atoms with Crippen LogP contribution in [0.5, 0.6) is 5.75 Å². The van der Waals surface area contributed by atoms with Crippen LogP contribution in [-0.4, -0.2) is 45.8 Å². The summed E-state index contributed by atoms with van der Waals surface area (Å²) >= 11 is 6.01. The fourth-order valence-electron chi connectivity index (χ4n) is 3.88. The van der Waals surface area contributed by atoms with Crippen LogP contribution < -0.4 is 10.4 Å². The third kappa shape index (κ3) is 3.85. The van der Waals surface area contributed by atoms with E-state index < -0.39 is 0 Å². The highest BCUT2D eigenvalue weighted by Crippen LogP contribution is 2.30. The number of benzene rings is 2. The first-order valence-corrected chi connectivity index (χ1v) is 10.2. The second-order valence-corrected chi connectivity index (χ2v) is 7.91. The molecule has 1 aliphatic rings. The van der Waals surface area contributed by atoms with Crippen LogP contribution in [0.3, 0.4) is 0 Å². The van der Waals surface area contributed by atoms with Gasteiger partial charge in [0.15, 0.2) is 0 Å². The van der Waals surface area contributed by atoms with Crippen molar-refractivity contribution < 1.29 is 9.53 Å². The largest absolute Gasteiger partial charge is 0.496 e. The summed E-state index contributed by atoms with van der Waals surface area (Å²) in [7, 11) is 1.52. The monoisotopic (exact) mass is 426 g/mol. The zero-order valence-corrected chi connectivity index (χ0v) is 17.6. The summed E-state index contributed by atoms with van der Waals surface area (Å²) in [5.41, 5.74) is 2.16. The Morgan fingerprint density at radius 3 is 2.53 bits per heavy atom. The molecule has 1 saturated heterocycles. The van der Waals surface area contributed by atoms with Gasteiger partial charge in [-0.1, -0.05) is 29.3 Å². The molecule has 1 aliphatic heterocycles. The molecule has 2 aromatic carbocycles. The smallest absolute Gasteiger partial charge is 0.347 e. The quantitative estimate of drug-likeness (QED) is 0.691. The Kier molecular flexibility index (Phi) is 5.63. The number of hydrogen-bond donors (Lipinski definition) is 1. The molecule has 4 rings (SSSR count). The number of halogens is 1. The second kappa shape index (κ2) is 8.36. The molecule has 1 aromatic heterocycles. The topological polar surface area (TPSA) is 80.2 Å². The molecule has 0 saturated carbocycles. The highest BCUT2D eigenvalue weighted by Gasteiger charge is 2.29. The average Bonchev–Trinajstić information content (AvgIpc) is 3.15. The molecule has 0 spiro atoms. The molecule has 0 atom stereocenters. The van der Waals surface area contributed by atoms with Gasteiger partial charge in [-0.2, -0.15) is 5.10 Å². The van der Waals surface area contributed by atoms with Gasteiger partial charge >= 0.3 is 5.69 Å². The molecule has 1 fully saturated rings. The highest BCUT2D eigenvalue weighted by atomic mass is 35.5. The Morgan fingerprint density at radius 1 is 1.17 bits per heavy atom. The molecule has 3 aromatic rings. The molecule has 1 N–H and O–H groups in total. The number of nitrogens with one attached hydrogen (secondary N) is 1. The first-order valence-electron chi connectivity index (χ1n) is 9.85. The van der Waals surface area contributed by atoms with Crippen molar-refractivity contribution in [3.63, 3.8) is 0 Å². The lowest BCUT2D eigenvalue weighted by atomic mass is 9.95. The first-order chi connectivity index (χ1) is 14.5. The van der Waals surface area contributed by atoms with E-state index in [2.05, 4.69) is 10.2 Å².